The van der Waals surface area contributed by atoms with Crippen molar-refractivity contribution in [3.63, 3.8) is 0 Å². The molecule has 0 aromatic heterocycles. The minimum atomic E-state index is 0.0675. The molecule has 7 heteroatoms. The first-order valence-electron chi connectivity index (χ1n) is 21.8. The molecule has 1 fully saturated rings. The van der Waals surface area contributed by atoms with Crippen molar-refractivity contribution in [1.29, 1.82) is 0 Å². The van der Waals surface area contributed by atoms with Gasteiger partial charge in [0.2, 0.25) is 16.7 Å². The van der Waals surface area contributed by atoms with Crippen LogP contribution >= 0.6 is 0 Å². The molecule has 0 N–H and O–H groups in total. The molecule has 7 nitrogen and oxygen atoms in total. The highest BCUT2D eigenvalue weighted by molar-refractivity contribution is 6.09. The number of hydrogen-bond donors (Lipinski definition) is 0. The van der Waals surface area contributed by atoms with E-state index in [4.69, 9.17) is 13.9 Å². The normalized spacial score (nSPS) is 13.3. The first-order chi connectivity index (χ1) is 30.4. The number of likely N-dealkylation sites (tertiary alicyclic amines) is 1. The van der Waals surface area contributed by atoms with E-state index in [1.807, 2.05) is 61.2 Å². The van der Waals surface area contributed by atoms with Crippen LogP contribution < -0.4 is 24.3 Å². The van der Waals surface area contributed by atoms with Crippen LogP contribution in [0.1, 0.15) is 54.6 Å². The predicted molar refractivity (Wildman–Crippen MR) is 252 cm³/mol. The van der Waals surface area contributed by atoms with Gasteiger partial charge < -0.3 is 23.7 Å². The average Bonchev–Trinajstić information content (AvgIpc) is 3.30. The van der Waals surface area contributed by atoms with Gasteiger partial charge in [0.25, 0.3) is 5.91 Å². The van der Waals surface area contributed by atoms with Crippen LogP contribution in [-0.4, -0.2) is 37.1 Å². The summed E-state index contributed by atoms with van der Waals surface area (Å²) in [6, 6.07) is 54.4. The molecule has 1 saturated heterocycles. The lowest BCUT2D eigenvalue weighted by atomic mass is 9.90. The van der Waals surface area contributed by atoms with Gasteiger partial charge in [0, 0.05) is 88.6 Å². The average molecular weight is 819 g/mol. The highest BCUT2D eigenvalue weighted by Crippen LogP contribution is 2.44. The Kier molecular flexibility index (Phi) is 11.6. The molecule has 0 radical (unpaired) electrons. The van der Waals surface area contributed by atoms with Crippen molar-refractivity contribution in [2.45, 2.75) is 47.0 Å². The Morgan fingerprint density at radius 3 is 1.98 bits per heavy atom. The number of hydrogen-bond acceptors (Lipinski definition) is 5. The Morgan fingerprint density at radius 1 is 0.613 bits per heavy atom. The summed E-state index contributed by atoms with van der Waals surface area (Å²) < 4.78 is 21.0. The van der Waals surface area contributed by atoms with Crippen molar-refractivity contribution in [2.75, 3.05) is 31.2 Å². The SMILES string of the molecule is CCOc1ccc(N(c2cccc(C)c2)c2ccc3c(-c4ccccc4C(=O)N4CCCCC4)c4ccc(=[N+](c5ccc(OCC)cc5)c5cccc(C)c5)cc-4oc3c2)cc1. The number of anilines is 3. The molecule has 1 amide bonds. The number of amides is 1. The van der Waals surface area contributed by atoms with E-state index in [2.05, 4.69) is 139 Å². The number of rotatable bonds is 11. The molecule has 2 heterocycles. The fraction of sp³-hybridized carbons (Fsp3) is 0.200. The lowest BCUT2D eigenvalue weighted by molar-refractivity contribution is 0.0725. The maximum absolute atomic E-state index is 14.4. The molecule has 9 rings (SSSR count). The van der Waals surface area contributed by atoms with E-state index < -0.39 is 0 Å². The van der Waals surface area contributed by atoms with Crippen molar-refractivity contribution < 1.29 is 18.7 Å². The van der Waals surface area contributed by atoms with Crippen LogP contribution in [0.15, 0.2) is 162 Å². The number of carbonyl (C=O) groups is 1. The Morgan fingerprint density at radius 2 is 1.27 bits per heavy atom. The number of fused-ring (bicyclic) bond motifs is 2. The van der Waals surface area contributed by atoms with E-state index >= 15 is 0 Å². The molecule has 3 aliphatic rings. The summed E-state index contributed by atoms with van der Waals surface area (Å²) in [6.45, 7) is 11.0. The second-order valence-corrected chi connectivity index (χ2v) is 15.9. The third-order valence-electron chi connectivity index (χ3n) is 11.6. The van der Waals surface area contributed by atoms with Gasteiger partial charge in [-0.05, 0) is 136 Å². The molecule has 6 aromatic rings. The summed E-state index contributed by atoms with van der Waals surface area (Å²) in [5.74, 6) is 2.42. The lowest BCUT2D eigenvalue weighted by Gasteiger charge is -2.28. The maximum atomic E-state index is 14.4. The van der Waals surface area contributed by atoms with Gasteiger partial charge in [-0.25, -0.2) is 0 Å². The Hall–Kier alpha value is -7.12. The third-order valence-corrected chi connectivity index (χ3v) is 11.6. The molecule has 1 aliphatic carbocycles. The van der Waals surface area contributed by atoms with E-state index in [0.717, 1.165) is 111 Å². The Bertz CT molecular complexity index is 2910. The van der Waals surface area contributed by atoms with Crippen molar-refractivity contribution in [2.24, 2.45) is 0 Å². The van der Waals surface area contributed by atoms with Gasteiger partial charge in [-0.15, -0.1) is 0 Å². The molecular formula is C55H52N3O4+. The zero-order chi connectivity index (χ0) is 42.6. The third kappa shape index (κ3) is 8.18. The van der Waals surface area contributed by atoms with E-state index in [9.17, 15) is 4.79 Å². The summed E-state index contributed by atoms with van der Waals surface area (Å²) in [4.78, 5) is 18.7. The largest absolute Gasteiger partial charge is 0.494 e. The highest BCUT2D eigenvalue weighted by atomic mass is 16.5. The minimum Gasteiger partial charge on any atom is -0.494 e. The van der Waals surface area contributed by atoms with Crippen molar-refractivity contribution in [3.8, 4) is 33.9 Å². The molecule has 0 saturated carbocycles. The fourth-order valence-electron chi connectivity index (χ4n) is 8.74. The van der Waals surface area contributed by atoms with Crippen LogP contribution in [0, 0.1) is 13.8 Å². The zero-order valence-corrected chi connectivity index (χ0v) is 35.9. The van der Waals surface area contributed by atoms with Crippen LogP contribution in [0.3, 0.4) is 0 Å². The van der Waals surface area contributed by atoms with Gasteiger partial charge in [0.1, 0.15) is 22.8 Å². The summed E-state index contributed by atoms with van der Waals surface area (Å²) in [7, 11) is 0. The number of carbonyl (C=O) groups excluding carboxylic acids is 1. The van der Waals surface area contributed by atoms with E-state index in [1.165, 1.54) is 0 Å². The number of aryl methyl sites for hydroxylation is 2. The van der Waals surface area contributed by atoms with Crippen molar-refractivity contribution in [3.05, 3.63) is 180 Å². The van der Waals surface area contributed by atoms with Gasteiger partial charge in [-0.1, -0.05) is 42.5 Å². The summed E-state index contributed by atoms with van der Waals surface area (Å²) in [6.07, 6.45) is 3.19. The topological polar surface area (TPSA) is 58.2 Å². The second kappa shape index (κ2) is 17.8. The number of ether oxygens (including phenoxy) is 2. The van der Waals surface area contributed by atoms with E-state index in [-0.39, 0.29) is 5.91 Å². The number of piperidine rings is 1. The Labute approximate surface area is 364 Å². The first-order valence-corrected chi connectivity index (χ1v) is 21.8. The number of benzene rings is 7. The van der Waals surface area contributed by atoms with Crippen LogP contribution in [0.2, 0.25) is 0 Å². The quantitative estimate of drug-likeness (QED) is 0.0961. The van der Waals surface area contributed by atoms with Gasteiger partial charge >= 0.3 is 0 Å². The van der Waals surface area contributed by atoms with Crippen molar-refractivity contribution in [1.82, 2.24) is 9.48 Å². The summed E-state index contributed by atoms with van der Waals surface area (Å²) in [5.41, 5.74) is 11.5. The molecule has 0 unspecified atom stereocenters. The van der Waals surface area contributed by atoms with Crippen LogP contribution in [-0.2, 0) is 0 Å². The summed E-state index contributed by atoms with van der Waals surface area (Å²) >= 11 is 0. The molecule has 310 valence electrons. The van der Waals surface area contributed by atoms with E-state index in [0.29, 0.717) is 30.1 Å². The van der Waals surface area contributed by atoms with Crippen LogP contribution in [0.4, 0.5) is 28.4 Å². The van der Waals surface area contributed by atoms with Gasteiger partial charge in [-0.3, -0.25) is 4.79 Å². The molecule has 0 atom stereocenters. The molecule has 0 bridgehead atoms. The molecule has 6 aromatic carbocycles. The standard InChI is InChI=1S/C55H52N3O4/c1-5-60-46-26-20-40(21-27-46)57(42-16-12-14-38(3)34-42)44-24-30-50-52(36-44)62-53-37-45(58(43-17-13-15-39(4)35-43)41-22-28-47(29-23-41)61-6-2)25-31-51(53)54(50)48-18-8-9-19-49(48)55(59)56-32-10-7-11-33-56/h8-9,12-31,34-37H,5-7,10-11,32-33H2,1-4H3/q+1. The second-order valence-electron chi connectivity index (χ2n) is 15.9. The fourth-order valence-corrected chi connectivity index (χ4v) is 8.74. The molecule has 0 spiro atoms. The molecular weight excluding hydrogens is 767 g/mol. The molecule has 2 aliphatic heterocycles. The van der Waals surface area contributed by atoms with E-state index in [1.54, 1.807) is 0 Å². The monoisotopic (exact) mass is 818 g/mol. The van der Waals surface area contributed by atoms with Gasteiger partial charge in [0.05, 0.1) is 19.3 Å². The first kappa shape index (κ1) is 40.3. The molecule has 62 heavy (non-hydrogen) atoms. The predicted octanol–water partition coefficient (Wildman–Crippen LogP) is 13.2. The zero-order valence-electron chi connectivity index (χ0n) is 35.9. The maximum Gasteiger partial charge on any atom is 0.254 e. The minimum absolute atomic E-state index is 0.0675. The van der Waals surface area contributed by atoms with Crippen molar-refractivity contribution >= 4 is 45.3 Å². The lowest BCUT2D eigenvalue weighted by Crippen LogP contribution is -2.35. The highest BCUT2D eigenvalue weighted by Gasteiger charge is 2.27. The Balaban J connectivity index is 1.31. The van der Waals surface area contributed by atoms with Gasteiger partial charge in [-0.2, -0.15) is 4.58 Å². The number of nitrogens with zero attached hydrogens (tertiary/aromatic N) is 3. The van der Waals surface area contributed by atoms with Crippen LogP contribution in [0.5, 0.6) is 11.5 Å². The van der Waals surface area contributed by atoms with Gasteiger partial charge in [0.15, 0.2) is 0 Å². The smallest absolute Gasteiger partial charge is 0.254 e. The van der Waals surface area contributed by atoms with Crippen LogP contribution in [0.25, 0.3) is 33.4 Å². The summed E-state index contributed by atoms with van der Waals surface area (Å²) in [5, 5.41) is 1.86.